The van der Waals surface area contributed by atoms with Crippen molar-refractivity contribution in [1.29, 1.82) is 0 Å². The van der Waals surface area contributed by atoms with Crippen LogP contribution in [0.5, 0.6) is 0 Å². The van der Waals surface area contributed by atoms with Crippen LogP contribution in [0.3, 0.4) is 0 Å². The first-order valence-electron chi connectivity index (χ1n) is 9.73. The Labute approximate surface area is 169 Å². The number of fused-ring (bicyclic) bond motifs is 1. The number of carbonyl (C=O) groups excluding carboxylic acids is 1. The molecule has 2 aromatic heterocycles. The second-order valence-electron chi connectivity index (χ2n) is 7.20. The van der Waals surface area contributed by atoms with Gasteiger partial charge in [0.25, 0.3) is 0 Å². The molecule has 0 amide bonds. The van der Waals surface area contributed by atoms with Gasteiger partial charge in [-0.05, 0) is 60.4 Å². The molecule has 29 heavy (non-hydrogen) atoms. The average molecular weight is 382 g/mol. The van der Waals surface area contributed by atoms with Crippen LogP contribution in [0.15, 0.2) is 78.0 Å². The van der Waals surface area contributed by atoms with Crippen molar-refractivity contribution >= 4 is 16.7 Å². The molecule has 4 rings (SSSR count). The predicted molar refractivity (Wildman–Crippen MR) is 116 cm³/mol. The maximum atomic E-state index is 13.3. The molecule has 4 heteroatoms. The molecule has 0 bridgehead atoms. The topological polar surface area (TPSA) is 52.0 Å². The third-order valence-corrected chi connectivity index (χ3v) is 5.33. The molecule has 0 aliphatic heterocycles. The van der Waals surface area contributed by atoms with Gasteiger partial charge in [0, 0.05) is 36.1 Å². The van der Waals surface area contributed by atoms with E-state index in [1.54, 1.807) is 30.7 Å². The lowest BCUT2D eigenvalue weighted by atomic mass is 9.97. The summed E-state index contributed by atoms with van der Waals surface area (Å²) in [7, 11) is 0. The molecule has 2 heterocycles. The van der Waals surface area contributed by atoms with E-state index in [9.17, 15) is 9.59 Å². The summed E-state index contributed by atoms with van der Waals surface area (Å²) in [5.74, 6) is -0.237. The summed E-state index contributed by atoms with van der Waals surface area (Å²) in [5.41, 5.74) is 4.65. The Morgan fingerprint density at radius 1 is 1.03 bits per heavy atom. The van der Waals surface area contributed by atoms with Gasteiger partial charge in [0.2, 0.25) is 5.43 Å². The molecule has 0 atom stereocenters. The van der Waals surface area contributed by atoms with Crippen LogP contribution in [0, 0.1) is 6.92 Å². The van der Waals surface area contributed by atoms with Crippen molar-refractivity contribution < 1.29 is 4.79 Å². The van der Waals surface area contributed by atoms with Gasteiger partial charge in [-0.3, -0.25) is 14.6 Å². The molecule has 0 aliphatic carbocycles. The number of rotatable bonds is 5. The maximum absolute atomic E-state index is 13.3. The molecule has 2 aromatic carbocycles. The normalized spacial score (nSPS) is 11.0. The summed E-state index contributed by atoms with van der Waals surface area (Å²) in [4.78, 5) is 30.5. The summed E-state index contributed by atoms with van der Waals surface area (Å²) in [6.07, 6.45) is 6.02. The molecule has 0 radical (unpaired) electrons. The summed E-state index contributed by atoms with van der Waals surface area (Å²) in [5, 5.41) is 0.551. The quantitative estimate of drug-likeness (QED) is 0.476. The van der Waals surface area contributed by atoms with E-state index in [1.165, 1.54) is 0 Å². The molecule has 0 saturated carbocycles. The van der Waals surface area contributed by atoms with E-state index in [0.717, 1.165) is 28.6 Å². The van der Waals surface area contributed by atoms with E-state index in [0.29, 0.717) is 17.5 Å². The highest BCUT2D eigenvalue weighted by atomic mass is 16.1. The highest BCUT2D eigenvalue weighted by Gasteiger charge is 2.18. The molecular formula is C25H22N2O2. The summed E-state index contributed by atoms with van der Waals surface area (Å²) in [6.45, 7) is 4.65. The predicted octanol–water partition coefficient (Wildman–Crippen LogP) is 4.55. The lowest BCUT2D eigenvalue weighted by Crippen LogP contribution is -2.20. The standard InChI is InChI=1S/C25H22N2O2/c1-3-19-14-20(9-8-17(19)2)24(28)22-16-27(15-18-10-12-26-13-11-18)23-7-5-4-6-21(23)25(22)29/h4-14,16H,3,15H2,1-2H3. The van der Waals surface area contributed by atoms with Gasteiger partial charge < -0.3 is 4.57 Å². The van der Waals surface area contributed by atoms with Gasteiger partial charge in [-0.2, -0.15) is 0 Å². The minimum Gasteiger partial charge on any atom is -0.342 e. The van der Waals surface area contributed by atoms with Gasteiger partial charge in [0.05, 0.1) is 11.1 Å². The number of hydrogen-bond acceptors (Lipinski definition) is 3. The molecule has 0 fully saturated rings. The molecule has 144 valence electrons. The minimum atomic E-state index is -0.237. The Morgan fingerprint density at radius 3 is 2.55 bits per heavy atom. The molecule has 0 unspecified atom stereocenters. The van der Waals surface area contributed by atoms with Crippen LogP contribution >= 0.6 is 0 Å². The number of para-hydroxylation sites is 1. The number of aromatic nitrogens is 2. The molecular weight excluding hydrogens is 360 g/mol. The van der Waals surface area contributed by atoms with E-state index < -0.39 is 0 Å². The monoisotopic (exact) mass is 382 g/mol. The van der Waals surface area contributed by atoms with Crippen LogP contribution < -0.4 is 5.43 Å². The Balaban J connectivity index is 1.87. The second kappa shape index (κ2) is 7.84. The fourth-order valence-corrected chi connectivity index (χ4v) is 3.67. The third-order valence-electron chi connectivity index (χ3n) is 5.33. The van der Waals surface area contributed by atoms with Gasteiger partial charge in [0.15, 0.2) is 5.78 Å². The second-order valence-corrected chi connectivity index (χ2v) is 7.20. The number of ketones is 1. The van der Waals surface area contributed by atoms with Crippen molar-refractivity contribution in [2.45, 2.75) is 26.8 Å². The van der Waals surface area contributed by atoms with Gasteiger partial charge >= 0.3 is 0 Å². The lowest BCUT2D eigenvalue weighted by Gasteiger charge is -2.14. The smallest absolute Gasteiger partial charge is 0.200 e. The Bertz CT molecular complexity index is 1260. The van der Waals surface area contributed by atoms with E-state index in [2.05, 4.69) is 11.9 Å². The Hall–Kier alpha value is -3.53. The van der Waals surface area contributed by atoms with Crippen molar-refractivity contribution in [3.8, 4) is 0 Å². The van der Waals surface area contributed by atoms with Gasteiger partial charge in [0.1, 0.15) is 0 Å². The molecule has 4 aromatic rings. The third kappa shape index (κ3) is 3.61. The van der Waals surface area contributed by atoms with Crippen molar-refractivity contribution in [3.05, 3.63) is 111 Å². The maximum Gasteiger partial charge on any atom is 0.200 e. The van der Waals surface area contributed by atoms with Gasteiger partial charge in [-0.1, -0.05) is 31.2 Å². The van der Waals surface area contributed by atoms with Crippen molar-refractivity contribution in [3.63, 3.8) is 0 Å². The van der Waals surface area contributed by atoms with E-state index in [1.807, 2.05) is 54.0 Å². The number of benzene rings is 2. The zero-order valence-electron chi connectivity index (χ0n) is 16.6. The zero-order valence-corrected chi connectivity index (χ0v) is 16.6. The summed E-state index contributed by atoms with van der Waals surface area (Å²) >= 11 is 0. The van der Waals surface area contributed by atoms with Crippen LogP contribution in [-0.2, 0) is 13.0 Å². The van der Waals surface area contributed by atoms with E-state index in [-0.39, 0.29) is 16.8 Å². The number of hydrogen-bond donors (Lipinski definition) is 0. The summed E-state index contributed by atoms with van der Waals surface area (Å²) in [6, 6.07) is 16.9. The van der Waals surface area contributed by atoms with Crippen molar-refractivity contribution in [2.24, 2.45) is 0 Å². The first kappa shape index (κ1) is 18.8. The van der Waals surface area contributed by atoms with E-state index in [4.69, 9.17) is 0 Å². The van der Waals surface area contributed by atoms with Crippen LogP contribution in [0.2, 0.25) is 0 Å². The minimum absolute atomic E-state index is 0.198. The van der Waals surface area contributed by atoms with Crippen LogP contribution in [0.25, 0.3) is 10.9 Å². The molecule has 0 N–H and O–H groups in total. The molecule has 0 spiro atoms. The van der Waals surface area contributed by atoms with Crippen LogP contribution in [0.1, 0.15) is 39.5 Å². The fourth-order valence-electron chi connectivity index (χ4n) is 3.67. The molecule has 0 aliphatic rings. The highest BCUT2D eigenvalue weighted by Crippen LogP contribution is 2.18. The fraction of sp³-hybridized carbons (Fsp3) is 0.160. The number of nitrogens with zero attached hydrogens (tertiary/aromatic N) is 2. The lowest BCUT2D eigenvalue weighted by molar-refractivity contribution is 0.103. The van der Waals surface area contributed by atoms with Gasteiger partial charge in [-0.15, -0.1) is 0 Å². The van der Waals surface area contributed by atoms with Gasteiger partial charge in [-0.25, -0.2) is 0 Å². The Morgan fingerprint density at radius 2 is 1.79 bits per heavy atom. The number of aryl methyl sites for hydroxylation is 2. The molecule has 0 saturated heterocycles. The van der Waals surface area contributed by atoms with Crippen LogP contribution in [-0.4, -0.2) is 15.3 Å². The number of carbonyl (C=O) groups is 1. The first-order chi connectivity index (χ1) is 14.1. The average Bonchev–Trinajstić information content (AvgIpc) is 2.76. The number of pyridine rings is 2. The van der Waals surface area contributed by atoms with Crippen molar-refractivity contribution in [1.82, 2.24) is 9.55 Å². The van der Waals surface area contributed by atoms with E-state index >= 15 is 0 Å². The zero-order chi connectivity index (χ0) is 20.4. The first-order valence-corrected chi connectivity index (χ1v) is 9.73. The Kier molecular flexibility index (Phi) is 5.09. The molecule has 4 nitrogen and oxygen atoms in total. The summed E-state index contributed by atoms with van der Waals surface area (Å²) < 4.78 is 1.97. The largest absolute Gasteiger partial charge is 0.342 e. The van der Waals surface area contributed by atoms with Crippen LogP contribution in [0.4, 0.5) is 0 Å². The van der Waals surface area contributed by atoms with Crippen molar-refractivity contribution in [2.75, 3.05) is 0 Å². The highest BCUT2D eigenvalue weighted by molar-refractivity contribution is 6.10. The SMILES string of the molecule is CCc1cc(C(=O)c2cn(Cc3ccncc3)c3ccccc3c2=O)ccc1C.